The number of carbonyl (C=O) groups excluding carboxylic acids is 1. The Labute approximate surface area is 154 Å². The summed E-state index contributed by atoms with van der Waals surface area (Å²) in [6, 6.07) is 11.1. The molecule has 2 rings (SSSR count). The molecule has 0 spiro atoms. The number of hydrogen-bond acceptors (Lipinski definition) is 5. The molecular formula is C20H26N2O4. The van der Waals surface area contributed by atoms with Crippen molar-refractivity contribution in [1.29, 1.82) is 0 Å². The fourth-order valence-corrected chi connectivity index (χ4v) is 2.63. The molecule has 0 unspecified atom stereocenters. The molecular weight excluding hydrogens is 332 g/mol. The van der Waals surface area contributed by atoms with E-state index in [1.165, 1.54) is 0 Å². The number of ether oxygens (including phenoxy) is 3. The molecule has 6 heteroatoms. The monoisotopic (exact) mass is 358 g/mol. The third-order valence-electron chi connectivity index (χ3n) is 3.94. The third-order valence-corrected chi connectivity index (χ3v) is 3.94. The van der Waals surface area contributed by atoms with Crippen molar-refractivity contribution in [3.05, 3.63) is 53.1 Å². The number of nitrogens with zero attached hydrogens (tertiary/aromatic N) is 1. The van der Waals surface area contributed by atoms with Gasteiger partial charge in [-0.3, -0.25) is 4.79 Å². The summed E-state index contributed by atoms with van der Waals surface area (Å²) < 4.78 is 16.0. The summed E-state index contributed by atoms with van der Waals surface area (Å²) in [7, 11) is 8.74. The number of benzene rings is 2. The molecule has 0 saturated heterocycles. The van der Waals surface area contributed by atoms with Crippen molar-refractivity contribution >= 4 is 5.91 Å². The van der Waals surface area contributed by atoms with Crippen molar-refractivity contribution in [2.45, 2.75) is 13.1 Å². The van der Waals surface area contributed by atoms with Gasteiger partial charge >= 0.3 is 0 Å². The maximum absolute atomic E-state index is 12.4. The minimum atomic E-state index is -0.141. The summed E-state index contributed by atoms with van der Waals surface area (Å²) in [5.74, 6) is 1.66. The average Bonchev–Trinajstić information content (AvgIpc) is 2.65. The van der Waals surface area contributed by atoms with Crippen LogP contribution in [0, 0.1) is 0 Å². The predicted molar refractivity (Wildman–Crippen MR) is 101 cm³/mol. The van der Waals surface area contributed by atoms with Crippen LogP contribution in [0.1, 0.15) is 21.5 Å². The van der Waals surface area contributed by atoms with Gasteiger partial charge in [-0.15, -0.1) is 0 Å². The number of hydrogen-bond donors (Lipinski definition) is 1. The molecule has 0 radical (unpaired) electrons. The number of rotatable bonds is 8. The second kappa shape index (κ2) is 9.10. The van der Waals surface area contributed by atoms with E-state index in [0.29, 0.717) is 29.4 Å². The lowest BCUT2D eigenvalue weighted by atomic mass is 10.1. The quantitative estimate of drug-likeness (QED) is 0.786. The van der Waals surface area contributed by atoms with Crippen molar-refractivity contribution < 1.29 is 19.0 Å². The van der Waals surface area contributed by atoms with Crippen molar-refractivity contribution in [3.63, 3.8) is 0 Å². The van der Waals surface area contributed by atoms with Crippen LogP contribution in [0.2, 0.25) is 0 Å². The zero-order chi connectivity index (χ0) is 19.1. The fourth-order valence-electron chi connectivity index (χ4n) is 2.63. The Bertz CT molecular complexity index is 742. The van der Waals surface area contributed by atoms with Gasteiger partial charge in [0.05, 0.1) is 21.3 Å². The average molecular weight is 358 g/mol. The largest absolute Gasteiger partial charge is 0.496 e. The molecule has 0 heterocycles. The van der Waals surface area contributed by atoms with Gasteiger partial charge in [-0.05, 0) is 37.9 Å². The van der Waals surface area contributed by atoms with Crippen LogP contribution in [0.3, 0.4) is 0 Å². The Morgan fingerprint density at radius 1 is 0.923 bits per heavy atom. The van der Waals surface area contributed by atoms with E-state index in [0.717, 1.165) is 17.7 Å². The first-order valence-electron chi connectivity index (χ1n) is 8.29. The van der Waals surface area contributed by atoms with E-state index in [2.05, 4.69) is 10.2 Å². The zero-order valence-electron chi connectivity index (χ0n) is 16.0. The smallest absolute Gasteiger partial charge is 0.251 e. The second-order valence-electron chi connectivity index (χ2n) is 6.14. The third kappa shape index (κ3) is 4.89. The van der Waals surface area contributed by atoms with E-state index >= 15 is 0 Å². The highest BCUT2D eigenvalue weighted by molar-refractivity contribution is 5.94. The molecule has 2 aromatic carbocycles. The first kappa shape index (κ1) is 19.6. The molecule has 0 atom stereocenters. The SMILES string of the molecule is COc1cc(OC)c(OC)cc1CNC(=O)c1ccc(CN(C)C)cc1. The van der Waals surface area contributed by atoms with Gasteiger partial charge in [0, 0.05) is 30.3 Å². The molecule has 2 aromatic rings. The summed E-state index contributed by atoms with van der Waals surface area (Å²) in [5.41, 5.74) is 2.59. The van der Waals surface area contributed by atoms with E-state index in [1.807, 2.05) is 38.4 Å². The van der Waals surface area contributed by atoms with Gasteiger partial charge in [0.2, 0.25) is 0 Å². The molecule has 26 heavy (non-hydrogen) atoms. The standard InChI is InChI=1S/C20H26N2O4/c1-22(2)13-14-6-8-15(9-7-14)20(23)21-12-16-10-18(25-4)19(26-5)11-17(16)24-3/h6-11H,12-13H2,1-5H3,(H,21,23). The molecule has 0 aliphatic carbocycles. The lowest BCUT2D eigenvalue weighted by Crippen LogP contribution is -2.23. The van der Waals surface area contributed by atoms with E-state index < -0.39 is 0 Å². The maximum Gasteiger partial charge on any atom is 0.251 e. The van der Waals surface area contributed by atoms with Crippen LogP contribution in [-0.2, 0) is 13.1 Å². The summed E-state index contributed by atoms with van der Waals surface area (Å²) in [4.78, 5) is 14.5. The van der Waals surface area contributed by atoms with Gasteiger partial charge < -0.3 is 24.4 Å². The van der Waals surface area contributed by atoms with Gasteiger partial charge in [0.1, 0.15) is 5.75 Å². The summed E-state index contributed by atoms with van der Waals surface area (Å²) in [6.07, 6.45) is 0. The van der Waals surface area contributed by atoms with Gasteiger partial charge in [-0.2, -0.15) is 0 Å². The molecule has 140 valence electrons. The van der Waals surface area contributed by atoms with Crippen LogP contribution >= 0.6 is 0 Å². The van der Waals surface area contributed by atoms with Crippen LogP contribution in [0.25, 0.3) is 0 Å². The normalized spacial score (nSPS) is 10.5. The fraction of sp³-hybridized carbons (Fsp3) is 0.350. The van der Waals surface area contributed by atoms with E-state index in [4.69, 9.17) is 14.2 Å². The number of methoxy groups -OCH3 is 3. The van der Waals surface area contributed by atoms with Crippen LogP contribution in [0.4, 0.5) is 0 Å². The number of carbonyl (C=O) groups is 1. The van der Waals surface area contributed by atoms with Crippen molar-refractivity contribution in [2.24, 2.45) is 0 Å². The van der Waals surface area contributed by atoms with Crippen molar-refractivity contribution in [1.82, 2.24) is 10.2 Å². The minimum Gasteiger partial charge on any atom is -0.496 e. The number of nitrogens with one attached hydrogen (secondary N) is 1. The maximum atomic E-state index is 12.4. The molecule has 6 nitrogen and oxygen atoms in total. The van der Waals surface area contributed by atoms with Crippen LogP contribution in [-0.4, -0.2) is 46.2 Å². The second-order valence-corrected chi connectivity index (χ2v) is 6.14. The highest BCUT2D eigenvalue weighted by Crippen LogP contribution is 2.34. The summed E-state index contributed by atoms with van der Waals surface area (Å²) in [6.45, 7) is 1.16. The van der Waals surface area contributed by atoms with Gasteiger partial charge in [0.15, 0.2) is 11.5 Å². The molecule has 0 aliphatic rings. The van der Waals surface area contributed by atoms with Gasteiger partial charge in [-0.25, -0.2) is 0 Å². The Hall–Kier alpha value is -2.73. The highest BCUT2D eigenvalue weighted by atomic mass is 16.5. The Balaban J connectivity index is 2.09. The van der Waals surface area contributed by atoms with E-state index in [-0.39, 0.29) is 5.91 Å². The lowest BCUT2D eigenvalue weighted by molar-refractivity contribution is 0.0950. The Morgan fingerprint density at radius 3 is 2.04 bits per heavy atom. The molecule has 0 bridgehead atoms. The molecule has 1 amide bonds. The number of amides is 1. The predicted octanol–water partition coefficient (Wildman–Crippen LogP) is 2.70. The minimum absolute atomic E-state index is 0.141. The van der Waals surface area contributed by atoms with Crippen LogP contribution in [0.15, 0.2) is 36.4 Å². The summed E-state index contributed by atoms with van der Waals surface area (Å²) in [5, 5.41) is 2.91. The zero-order valence-corrected chi connectivity index (χ0v) is 16.0. The first-order valence-corrected chi connectivity index (χ1v) is 8.29. The molecule has 0 fully saturated rings. The molecule has 0 aliphatic heterocycles. The van der Waals surface area contributed by atoms with E-state index in [9.17, 15) is 4.79 Å². The Morgan fingerprint density at radius 2 is 1.50 bits per heavy atom. The topological polar surface area (TPSA) is 60.0 Å². The Kier molecular flexibility index (Phi) is 6.86. The summed E-state index contributed by atoms with van der Waals surface area (Å²) >= 11 is 0. The van der Waals surface area contributed by atoms with Crippen LogP contribution in [0.5, 0.6) is 17.2 Å². The molecule has 0 aromatic heterocycles. The van der Waals surface area contributed by atoms with E-state index in [1.54, 1.807) is 33.5 Å². The highest BCUT2D eigenvalue weighted by Gasteiger charge is 2.13. The van der Waals surface area contributed by atoms with Crippen molar-refractivity contribution in [2.75, 3.05) is 35.4 Å². The van der Waals surface area contributed by atoms with Gasteiger partial charge in [-0.1, -0.05) is 12.1 Å². The van der Waals surface area contributed by atoms with Crippen LogP contribution < -0.4 is 19.5 Å². The molecule has 0 saturated carbocycles. The first-order chi connectivity index (χ1) is 12.5. The van der Waals surface area contributed by atoms with Gasteiger partial charge in [0.25, 0.3) is 5.91 Å². The lowest BCUT2D eigenvalue weighted by Gasteiger charge is -2.15. The van der Waals surface area contributed by atoms with Crippen molar-refractivity contribution in [3.8, 4) is 17.2 Å². The molecule has 1 N–H and O–H groups in total.